The molecule has 35 heavy (non-hydrogen) atoms. The number of hydrogen-bond donors (Lipinski definition) is 2. The number of nitrogens with zero attached hydrogens (tertiary/aromatic N) is 5. The van der Waals surface area contributed by atoms with Crippen molar-refractivity contribution in [1.82, 2.24) is 24.3 Å². The van der Waals surface area contributed by atoms with Crippen LogP contribution in [0.15, 0.2) is 46.0 Å². The molecule has 0 aliphatic rings. The molecular formula is C25H29N7O3. The number of carbonyl (C=O) groups excluding carboxylic acids is 1. The average molecular weight is 476 g/mol. The van der Waals surface area contributed by atoms with E-state index in [9.17, 15) is 14.4 Å². The Morgan fingerprint density at radius 2 is 1.89 bits per heavy atom. The second-order valence-electron chi connectivity index (χ2n) is 8.59. The highest BCUT2D eigenvalue weighted by Crippen LogP contribution is 2.26. The highest BCUT2D eigenvalue weighted by molar-refractivity contribution is 6.14. The van der Waals surface area contributed by atoms with Gasteiger partial charge in [-0.15, -0.1) is 0 Å². The van der Waals surface area contributed by atoms with Crippen LogP contribution in [0.25, 0.3) is 11.0 Å². The topological polar surface area (TPSA) is 132 Å². The molecule has 3 N–H and O–H groups in total. The van der Waals surface area contributed by atoms with Crippen molar-refractivity contribution in [3.05, 3.63) is 79.8 Å². The minimum Gasteiger partial charge on any atom is -0.383 e. The number of anilines is 2. The van der Waals surface area contributed by atoms with E-state index in [0.29, 0.717) is 34.4 Å². The van der Waals surface area contributed by atoms with E-state index in [4.69, 9.17) is 5.73 Å². The van der Waals surface area contributed by atoms with Gasteiger partial charge < -0.3 is 10.6 Å². The maximum absolute atomic E-state index is 14.0. The Labute approximate surface area is 202 Å². The van der Waals surface area contributed by atoms with Crippen LogP contribution in [0.1, 0.15) is 47.1 Å². The van der Waals surface area contributed by atoms with Crippen LogP contribution in [0.4, 0.5) is 11.5 Å². The van der Waals surface area contributed by atoms with Crippen molar-refractivity contribution in [3.63, 3.8) is 0 Å². The zero-order valence-corrected chi connectivity index (χ0v) is 20.3. The number of H-pyrrole nitrogens is 1. The lowest BCUT2D eigenvalue weighted by Crippen LogP contribution is -2.42. The molecule has 0 spiro atoms. The number of nitrogen functional groups attached to an aromatic ring is 1. The smallest absolute Gasteiger partial charge is 0.330 e. The maximum atomic E-state index is 14.0. The number of aryl methyl sites for hydroxylation is 3. The van der Waals surface area contributed by atoms with Gasteiger partial charge in [0.2, 0.25) is 0 Å². The van der Waals surface area contributed by atoms with Crippen molar-refractivity contribution in [2.45, 2.75) is 40.2 Å². The summed E-state index contributed by atoms with van der Waals surface area (Å²) in [5.41, 5.74) is 8.15. The van der Waals surface area contributed by atoms with E-state index in [2.05, 4.69) is 15.1 Å². The number of nitrogens with one attached hydrogen (secondary N) is 1. The van der Waals surface area contributed by atoms with Gasteiger partial charge in [0.05, 0.1) is 23.2 Å². The van der Waals surface area contributed by atoms with E-state index in [1.807, 2.05) is 44.2 Å². The lowest BCUT2D eigenvalue weighted by atomic mass is 10.1. The minimum atomic E-state index is -0.703. The van der Waals surface area contributed by atoms with Crippen LogP contribution >= 0.6 is 0 Å². The summed E-state index contributed by atoms with van der Waals surface area (Å²) >= 11 is 0. The third-order valence-electron chi connectivity index (χ3n) is 5.98. The van der Waals surface area contributed by atoms with E-state index in [1.165, 1.54) is 9.47 Å². The fraction of sp³-hybridized carbons (Fsp3) is 0.320. The molecule has 4 rings (SSSR count). The molecule has 10 heteroatoms. The number of amides is 1. The molecule has 4 aromatic rings. The average Bonchev–Trinajstić information content (AvgIpc) is 3.11. The standard InChI is InChI=1S/C25H29N7O3/c1-5-6-12-31(24(34)18-13-15(2)27-22-19(18)16(3)29-30(22)4)20-21(26)32(25(35)28-23(20)33)14-17-10-8-7-9-11-17/h7-11,13H,5-6,12,14,26H2,1-4H3,(H,28,33,35). The van der Waals surface area contributed by atoms with Gasteiger partial charge in [-0.25, -0.2) is 9.78 Å². The van der Waals surface area contributed by atoms with Gasteiger partial charge in [-0.3, -0.25) is 23.8 Å². The van der Waals surface area contributed by atoms with Gasteiger partial charge in [0, 0.05) is 19.3 Å². The number of pyridine rings is 1. The molecule has 0 aliphatic carbocycles. The normalized spacial score (nSPS) is 11.2. The predicted octanol–water partition coefficient (Wildman–Crippen LogP) is 2.51. The number of aromatic amines is 1. The van der Waals surface area contributed by atoms with Gasteiger partial charge in [0.1, 0.15) is 5.82 Å². The van der Waals surface area contributed by atoms with Crippen LogP contribution < -0.4 is 21.9 Å². The van der Waals surface area contributed by atoms with Gasteiger partial charge in [-0.1, -0.05) is 43.7 Å². The van der Waals surface area contributed by atoms with Crippen molar-refractivity contribution >= 4 is 28.4 Å². The van der Waals surface area contributed by atoms with Gasteiger partial charge in [0.25, 0.3) is 11.5 Å². The number of hydrogen-bond acceptors (Lipinski definition) is 6. The molecule has 0 radical (unpaired) electrons. The summed E-state index contributed by atoms with van der Waals surface area (Å²) in [6.45, 7) is 6.02. The fourth-order valence-corrected chi connectivity index (χ4v) is 4.28. The van der Waals surface area contributed by atoms with E-state index >= 15 is 0 Å². The number of carbonyl (C=O) groups is 1. The summed E-state index contributed by atoms with van der Waals surface area (Å²) in [6, 6.07) is 11.0. The Balaban J connectivity index is 1.90. The van der Waals surface area contributed by atoms with E-state index in [0.717, 1.165) is 12.0 Å². The largest absolute Gasteiger partial charge is 0.383 e. The van der Waals surface area contributed by atoms with E-state index < -0.39 is 17.2 Å². The summed E-state index contributed by atoms with van der Waals surface area (Å²) in [4.78, 5) is 48.0. The molecule has 1 aromatic carbocycles. The molecule has 0 atom stereocenters. The molecule has 0 bridgehead atoms. The Morgan fingerprint density at radius 3 is 2.57 bits per heavy atom. The van der Waals surface area contributed by atoms with Crippen molar-refractivity contribution in [1.29, 1.82) is 0 Å². The first kappa shape index (κ1) is 23.9. The maximum Gasteiger partial charge on any atom is 0.330 e. The number of nitrogens with two attached hydrogens (primary N) is 1. The van der Waals surface area contributed by atoms with Crippen LogP contribution in [0.2, 0.25) is 0 Å². The molecular weight excluding hydrogens is 446 g/mol. The van der Waals surface area contributed by atoms with Gasteiger partial charge in [-0.2, -0.15) is 5.10 Å². The second-order valence-corrected chi connectivity index (χ2v) is 8.59. The summed E-state index contributed by atoms with van der Waals surface area (Å²) < 4.78 is 2.91. The van der Waals surface area contributed by atoms with Crippen LogP contribution in [0, 0.1) is 13.8 Å². The van der Waals surface area contributed by atoms with Crippen molar-refractivity contribution in [3.8, 4) is 0 Å². The van der Waals surface area contributed by atoms with E-state index in [1.54, 1.807) is 24.7 Å². The first-order chi connectivity index (χ1) is 16.7. The Kier molecular flexibility index (Phi) is 6.54. The molecule has 3 heterocycles. The predicted molar refractivity (Wildman–Crippen MR) is 136 cm³/mol. The van der Waals surface area contributed by atoms with Gasteiger partial charge >= 0.3 is 5.69 Å². The quantitative estimate of drug-likeness (QED) is 0.422. The summed E-state index contributed by atoms with van der Waals surface area (Å²) in [7, 11) is 1.77. The van der Waals surface area contributed by atoms with E-state index in [-0.39, 0.29) is 24.6 Å². The number of rotatable bonds is 7. The highest BCUT2D eigenvalue weighted by atomic mass is 16.2. The first-order valence-electron chi connectivity index (χ1n) is 11.5. The number of aromatic nitrogens is 5. The van der Waals surface area contributed by atoms with Crippen molar-refractivity contribution in [2.75, 3.05) is 17.2 Å². The second kappa shape index (κ2) is 9.57. The number of benzene rings is 1. The SMILES string of the molecule is CCCCN(C(=O)c1cc(C)nc2c1c(C)nn2C)c1c(N)n(Cc2ccccc2)c(=O)[nH]c1=O. The Morgan fingerprint density at radius 1 is 1.17 bits per heavy atom. The monoisotopic (exact) mass is 475 g/mol. The van der Waals surface area contributed by atoms with Crippen LogP contribution in [0.5, 0.6) is 0 Å². The molecule has 182 valence electrons. The summed E-state index contributed by atoms with van der Waals surface area (Å²) in [5.74, 6) is -0.454. The first-order valence-corrected chi connectivity index (χ1v) is 11.5. The highest BCUT2D eigenvalue weighted by Gasteiger charge is 2.28. The third kappa shape index (κ3) is 4.46. The molecule has 0 unspecified atom stereocenters. The van der Waals surface area contributed by atoms with Crippen LogP contribution in [-0.4, -0.2) is 36.8 Å². The Hall–Kier alpha value is -4.21. The molecule has 0 saturated carbocycles. The zero-order valence-electron chi connectivity index (χ0n) is 20.3. The summed E-state index contributed by atoms with van der Waals surface area (Å²) in [6.07, 6.45) is 1.43. The zero-order chi connectivity index (χ0) is 25.3. The summed E-state index contributed by atoms with van der Waals surface area (Å²) in [5, 5.41) is 5.04. The van der Waals surface area contributed by atoms with Gasteiger partial charge in [-0.05, 0) is 31.9 Å². The van der Waals surface area contributed by atoms with Crippen molar-refractivity contribution < 1.29 is 4.79 Å². The fourth-order valence-electron chi connectivity index (χ4n) is 4.28. The molecule has 1 amide bonds. The van der Waals surface area contributed by atoms with Crippen molar-refractivity contribution in [2.24, 2.45) is 7.05 Å². The molecule has 0 saturated heterocycles. The third-order valence-corrected chi connectivity index (χ3v) is 5.98. The lowest BCUT2D eigenvalue weighted by molar-refractivity contribution is 0.0987. The van der Waals surface area contributed by atoms with Gasteiger partial charge in [0.15, 0.2) is 11.3 Å². The molecule has 3 aromatic heterocycles. The molecule has 0 fully saturated rings. The van der Waals surface area contributed by atoms with Crippen LogP contribution in [0.3, 0.4) is 0 Å². The van der Waals surface area contributed by atoms with Crippen LogP contribution in [-0.2, 0) is 13.6 Å². The number of unbranched alkanes of at least 4 members (excludes halogenated alkanes) is 1. The lowest BCUT2D eigenvalue weighted by Gasteiger charge is -2.25. The Bertz CT molecular complexity index is 1520. The minimum absolute atomic E-state index is 0.0388. The molecule has 0 aliphatic heterocycles. The molecule has 10 nitrogen and oxygen atoms in total. The number of fused-ring (bicyclic) bond motifs is 1.